The highest BCUT2D eigenvalue weighted by atomic mass is 15.2. The van der Waals surface area contributed by atoms with E-state index in [9.17, 15) is 0 Å². The minimum absolute atomic E-state index is 0.134. The average Bonchev–Trinajstić information content (AvgIpc) is 2.27. The van der Waals surface area contributed by atoms with Crippen molar-refractivity contribution in [1.82, 2.24) is 10.6 Å². The molecule has 0 spiro atoms. The van der Waals surface area contributed by atoms with E-state index in [1.165, 1.54) is 11.4 Å². The Bertz CT molecular complexity index is 256. The van der Waals surface area contributed by atoms with Crippen LogP contribution in [0.25, 0.3) is 0 Å². The van der Waals surface area contributed by atoms with Crippen LogP contribution in [0.2, 0.25) is 0 Å². The lowest BCUT2D eigenvalue weighted by Crippen LogP contribution is -2.23. The summed E-state index contributed by atoms with van der Waals surface area (Å²) in [6.45, 7) is 17.2. The van der Waals surface area contributed by atoms with Gasteiger partial charge in [-0.3, -0.25) is 0 Å². The fourth-order valence-electron chi connectivity index (χ4n) is 1.58. The second kappa shape index (κ2) is 3.04. The molecule has 0 aliphatic carbocycles. The van der Waals surface area contributed by atoms with E-state index in [2.05, 4.69) is 58.8 Å². The summed E-state index contributed by atoms with van der Waals surface area (Å²) in [6.07, 6.45) is 0. The molecule has 0 aromatic heterocycles. The van der Waals surface area contributed by atoms with Gasteiger partial charge in [-0.05, 0) is 0 Å². The van der Waals surface area contributed by atoms with E-state index in [0.29, 0.717) is 0 Å². The maximum absolute atomic E-state index is 3.92. The van der Waals surface area contributed by atoms with Crippen molar-refractivity contribution in [3.63, 3.8) is 0 Å². The Balaban J connectivity index is 3.14. The summed E-state index contributed by atoms with van der Waals surface area (Å²) < 4.78 is 0. The molecule has 0 radical (unpaired) electrons. The summed E-state index contributed by atoms with van der Waals surface area (Å²) in [5.74, 6) is 0.889. The van der Waals surface area contributed by atoms with Crippen LogP contribution in [0.4, 0.5) is 0 Å². The summed E-state index contributed by atoms with van der Waals surface area (Å²) >= 11 is 0. The predicted molar refractivity (Wildman–Crippen MR) is 61.3 cm³/mol. The van der Waals surface area contributed by atoms with E-state index in [1.54, 1.807) is 0 Å². The lowest BCUT2D eigenvalue weighted by atomic mass is 9.83. The minimum atomic E-state index is 0.134. The fraction of sp³-hybridized carbons (Fsp3) is 0.667. The Morgan fingerprint density at radius 2 is 1.07 bits per heavy atom. The fourth-order valence-corrected chi connectivity index (χ4v) is 1.58. The van der Waals surface area contributed by atoms with Crippen LogP contribution in [0.15, 0.2) is 23.8 Å². The first kappa shape index (κ1) is 11.2. The smallest absolute Gasteiger partial charge is 0.0998 e. The Hall–Kier alpha value is -0.920. The van der Waals surface area contributed by atoms with E-state index in [4.69, 9.17) is 0 Å². The molecule has 0 saturated heterocycles. The maximum atomic E-state index is 3.92. The minimum Gasteiger partial charge on any atom is -0.344 e. The van der Waals surface area contributed by atoms with Gasteiger partial charge in [0, 0.05) is 22.2 Å². The van der Waals surface area contributed by atoms with Crippen LogP contribution < -0.4 is 10.6 Å². The number of allylic oxidation sites excluding steroid dienone is 2. The van der Waals surface area contributed by atoms with Crippen LogP contribution in [-0.4, -0.2) is 0 Å². The number of rotatable bonds is 0. The second-order valence-corrected chi connectivity index (χ2v) is 5.98. The second-order valence-electron chi connectivity index (χ2n) is 5.98. The highest BCUT2D eigenvalue weighted by Gasteiger charge is 2.32. The molecule has 0 fully saturated rings. The van der Waals surface area contributed by atoms with Crippen molar-refractivity contribution in [2.24, 2.45) is 10.8 Å². The summed E-state index contributed by atoms with van der Waals surface area (Å²) in [5, 5.41) is 6.65. The molecule has 0 amide bonds. The normalized spacial score (nSPS) is 18.3. The van der Waals surface area contributed by atoms with E-state index >= 15 is 0 Å². The molecule has 80 valence electrons. The molecule has 0 aromatic rings. The number of hydrogen-bond acceptors (Lipinski definition) is 2. The first-order valence-corrected chi connectivity index (χ1v) is 5.10. The zero-order valence-electron chi connectivity index (χ0n) is 10.2. The lowest BCUT2D eigenvalue weighted by Gasteiger charge is -2.27. The van der Waals surface area contributed by atoms with Crippen molar-refractivity contribution in [2.75, 3.05) is 0 Å². The van der Waals surface area contributed by atoms with Crippen LogP contribution in [0.3, 0.4) is 0 Å². The molecule has 1 heterocycles. The molecule has 1 aliphatic heterocycles. The molecule has 14 heavy (non-hydrogen) atoms. The van der Waals surface area contributed by atoms with E-state index < -0.39 is 0 Å². The van der Waals surface area contributed by atoms with Gasteiger partial charge in [-0.15, -0.1) is 0 Å². The van der Waals surface area contributed by atoms with Crippen LogP contribution in [0, 0.1) is 10.8 Å². The monoisotopic (exact) mass is 194 g/mol. The molecular weight excluding hydrogens is 172 g/mol. The van der Waals surface area contributed by atoms with Crippen molar-refractivity contribution in [3.8, 4) is 0 Å². The molecule has 0 bridgehead atoms. The van der Waals surface area contributed by atoms with Gasteiger partial charge in [0.15, 0.2) is 0 Å². The van der Waals surface area contributed by atoms with Crippen molar-refractivity contribution >= 4 is 0 Å². The molecule has 0 aromatic carbocycles. The molecule has 2 N–H and O–H groups in total. The maximum Gasteiger partial charge on any atom is 0.0998 e. The quantitative estimate of drug-likeness (QED) is 0.619. The van der Waals surface area contributed by atoms with Crippen LogP contribution in [-0.2, 0) is 0 Å². The average molecular weight is 194 g/mol. The summed E-state index contributed by atoms with van der Waals surface area (Å²) in [6, 6.07) is 0. The number of hydrogen-bond donors (Lipinski definition) is 2. The van der Waals surface area contributed by atoms with Crippen molar-refractivity contribution in [2.45, 2.75) is 41.5 Å². The molecule has 1 aliphatic rings. The Labute approximate surface area is 87.5 Å². The Morgan fingerprint density at radius 1 is 0.786 bits per heavy atom. The highest BCUT2D eigenvalue weighted by molar-refractivity contribution is 5.32. The summed E-state index contributed by atoms with van der Waals surface area (Å²) in [5.41, 5.74) is 2.79. The molecule has 0 saturated carbocycles. The van der Waals surface area contributed by atoms with Gasteiger partial charge < -0.3 is 10.6 Å². The van der Waals surface area contributed by atoms with Gasteiger partial charge in [-0.25, -0.2) is 0 Å². The van der Waals surface area contributed by atoms with Crippen molar-refractivity contribution in [1.29, 1.82) is 0 Å². The first-order valence-electron chi connectivity index (χ1n) is 5.10. The van der Waals surface area contributed by atoms with Gasteiger partial charge in [0.2, 0.25) is 0 Å². The van der Waals surface area contributed by atoms with Gasteiger partial charge in [0.1, 0.15) is 0 Å². The lowest BCUT2D eigenvalue weighted by molar-refractivity contribution is 0.432. The zero-order chi connectivity index (χ0) is 11.1. The Morgan fingerprint density at radius 3 is 1.29 bits per heavy atom. The molecular formula is C12H22N2. The largest absolute Gasteiger partial charge is 0.344 e. The van der Waals surface area contributed by atoms with Gasteiger partial charge in [0.25, 0.3) is 0 Å². The SMILES string of the molecule is C=C1NC(C(C)(C)C)=C(C(C)(C)C)N1. The third-order valence-electron chi connectivity index (χ3n) is 2.30. The van der Waals surface area contributed by atoms with E-state index in [1.807, 2.05) is 0 Å². The molecule has 0 unspecified atom stereocenters. The topological polar surface area (TPSA) is 24.1 Å². The first-order chi connectivity index (χ1) is 6.12. The molecule has 0 atom stereocenters. The van der Waals surface area contributed by atoms with E-state index in [-0.39, 0.29) is 10.8 Å². The van der Waals surface area contributed by atoms with Crippen molar-refractivity contribution < 1.29 is 0 Å². The van der Waals surface area contributed by atoms with Gasteiger partial charge >= 0.3 is 0 Å². The standard InChI is InChI=1S/C12H22N2/c1-8-13-9(11(2,3)4)10(14-8)12(5,6)7/h13-14H,1H2,2-7H3. The Kier molecular flexibility index (Phi) is 2.42. The van der Waals surface area contributed by atoms with E-state index in [0.717, 1.165) is 5.82 Å². The molecule has 2 nitrogen and oxygen atoms in total. The third kappa shape index (κ3) is 2.11. The molecule has 2 heteroatoms. The van der Waals surface area contributed by atoms with Crippen LogP contribution in [0.1, 0.15) is 41.5 Å². The van der Waals surface area contributed by atoms with Crippen LogP contribution >= 0.6 is 0 Å². The molecule has 1 rings (SSSR count). The zero-order valence-corrected chi connectivity index (χ0v) is 10.2. The predicted octanol–water partition coefficient (Wildman–Crippen LogP) is 2.95. The summed E-state index contributed by atoms with van der Waals surface area (Å²) in [7, 11) is 0. The van der Waals surface area contributed by atoms with Gasteiger partial charge in [-0.2, -0.15) is 0 Å². The van der Waals surface area contributed by atoms with Gasteiger partial charge in [0.05, 0.1) is 5.82 Å². The highest BCUT2D eigenvalue weighted by Crippen LogP contribution is 2.36. The van der Waals surface area contributed by atoms with Gasteiger partial charge in [-0.1, -0.05) is 48.1 Å². The van der Waals surface area contributed by atoms with Crippen LogP contribution in [0.5, 0.6) is 0 Å². The number of nitrogens with one attached hydrogen (secondary N) is 2. The summed E-state index contributed by atoms with van der Waals surface area (Å²) in [4.78, 5) is 0. The van der Waals surface area contributed by atoms with Crippen molar-refractivity contribution in [3.05, 3.63) is 23.8 Å². The third-order valence-corrected chi connectivity index (χ3v) is 2.30.